The molecule has 2 rings (SSSR count). The number of hydrogen-bond donors (Lipinski definition) is 3. The third-order valence-corrected chi connectivity index (χ3v) is 3.69. The van der Waals surface area contributed by atoms with Crippen LogP contribution >= 0.6 is 11.8 Å². The van der Waals surface area contributed by atoms with Crippen molar-refractivity contribution in [2.45, 2.75) is 24.7 Å². The summed E-state index contributed by atoms with van der Waals surface area (Å²) in [5, 5.41) is 9.61. The second-order valence-corrected chi connectivity index (χ2v) is 5.28. The second-order valence-electron chi connectivity index (χ2n) is 4.40. The van der Waals surface area contributed by atoms with Gasteiger partial charge in [0.25, 0.3) is 5.91 Å². The van der Waals surface area contributed by atoms with Crippen LogP contribution in [0.2, 0.25) is 0 Å². The molecule has 1 aromatic heterocycles. The van der Waals surface area contributed by atoms with Crippen LogP contribution < -0.4 is 11.1 Å². The summed E-state index contributed by atoms with van der Waals surface area (Å²) < 4.78 is 0. The van der Waals surface area contributed by atoms with Crippen molar-refractivity contribution in [2.24, 2.45) is 0 Å². The van der Waals surface area contributed by atoms with Crippen molar-refractivity contribution in [1.82, 2.24) is 10.2 Å². The Labute approximate surface area is 122 Å². The molecule has 0 saturated heterocycles. The fourth-order valence-corrected chi connectivity index (χ4v) is 2.27. The number of aromatic amines is 1. The lowest BCUT2D eigenvalue weighted by Gasteiger charge is -2.04. The topological polar surface area (TPSA) is 83.8 Å². The predicted octanol–water partition coefficient (Wildman–Crippen LogP) is 2.92. The maximum atomic E-state index is 12.1. The van der Waals surface area contributed by atoms with E-state index >= 15 is 0 Å². The smallest absolute Gasteiger partial charge is 0.278 e. The Balaban J connectivity index is 2.11. The van der Waals surface area contributed by atoms with E-state index in [0.717, 1.165) is 29.1 Å². The molecular weight excluding hydrogens is 272 g/mol. The summed E-state index contributed by atoms with van der Waals surface area (Å²) in [7, 11) is 0. The third kappa shape index (κ3) is 3.14. The summed E-state index contributed by atoms with van der Waals surface area (Å²) in [5.74, 6) is -0.294. The molecule has 1 amide bonds. The standard InChI is InChI=1S/C14H18N4OS/c1-3-4-11-12(15)13(18-17-11)14(19)16-9-5-7-10(20-2)8-6-9/h5-8H,3-4,15H2,1-2H3,(H,16,19)(H,17,18). The van der Waals surface area contributed by atoms with E-state index in [1.54, 1.807) is 11.8 Å². The van der Waals surface area contributed by atoms with Gasteiger partial charge in [0.1, 0.15) is 0 Å². The Morgan fingerprint density at radius 2 is 2.10 bits per heavy atom. The normalized spacial score (nSPS) is 10.5. The maximum absolute atomic E-state index is 12.1. The number of amides is 1. The van der Waals surface area contributed by atoms with Crippen molar-refractivity contribution < 1.29 is 4.79 Å². The maximum Gasteiger partial charge on any atom is 0.278 e. The zero-order valence-electron chi connectivity index (χ0n) is 11.6. The van der Waals surface area contributed by atoms with Crippen LogP contribution in [0.5, 0.6) is 0 Å². The van der Waals surface area contributed by atoms with Gasteiger partial charge in [-0.05, 0) is 36.9 Å². The highest BCUT2D eigenvalue weighted by Crippen LogP contribution is 2.20. The predicted molar refractivity (Wildman–Crippen MR) is 83.2 cm³/mol. The summed E-state index contributed by atoms with van der Waals surface area (Å²) >= 11 is 1.65. The molecule has 0 radical (unpaired) electrons. The number of nitrogen functional groups attached to an aromatic ring is 1. The molecule has 0 aliphatic heterocycles. The molecule has 1 aromatic carbocycles. The van der Waals surface area contributed by atoms with E-state index in [9.17, 15) is 4.79 Å². The quantitative estimate of drug-likeness (QED) is 0.739. The molecule has 0 atom stereocenters. The molecule has 2 aromatic rings. The number of nitrogens with two attached hydrogens (primary N) is 1. The van der Waals surface area contributed by atoms with Crippen LogP contribution in [0.25, 0.3) is 0 Å². The number of benzene rings is 1. The van der Waals surface area contributed by atoms with Gasteiger partial charge < -0.3 is 11.1 Å². The molecule has 1 heterocycles. The molecule has 0 aliphatic carbocycles. The van der Waals surface area contributed by atoms with Gasteiger partial charge in [0.05, 0.1) is 11.4 Å². The highest BCUT2D eigenvalue weighted by atomic mass is 32.2. The number of H-pyrrole nitrogens is 1. The number of anilines is 2. The van der Waals surface area contributed by atoms with E-state index < -0.39 is 0 Å². The number of hydrogen-bond acceptors (Lipinski definition) is 4. The first kappa shape index (κ1) is 14.5. The minimum absolute atomic E-state index is 0.252. The zero-order valence-corrected chi connectivity index (χ0v) is 12.4. The second kappa shape index (κ2) is 6.47. The summed E-state index contributed by atoms with van der Waals surface area (Å²) in [6.07, 6.45) is 3.74. The van der Waals surface area contributed by atoms with Gasteiger partial charge in [-0.3, -0.25) is 9.89 Å². The average Bonchev–Trinajstić information content (AvgIpc) is 2.82. The van der Waals surface area contributed by atoms with Crippen molar-refractivity contribution in [2.75, 3.05) is 17.3 Å². The van der Waals surface area contributed by atoms with Gasteiger partial charge in [0, 0.05) is 10.6 Å². The Morgan fingerprint density at radius 3 is 2.70 bits per heavy atom. The molecule has 0 fully saturated rings. The van der Waals surface area contributed by atoms with Crippen molar-refractivity contribution in [3.8, 4) is 0 Å². The van der Waals surface area contributed by atoms with Crippen LogP contribution in [0.1, 0.15) is 29.5 Å². The summed E-state index contributed by atoms with van der Waals surface area (Å²) in [6.45, 7) is 2.05. The zero-order chi connectivity index (χ0) is 14.5. The van der Waals surface area contributed by atoms with Crippen LogP contribution in [0, 0.1) is 0 Å². The van der Waals surface area contributed by atoms with Gasteiger partial charge in [0.2, 0.25) is 0 Å². The lowest BCUT2D eigenvalue weighted by Crippen LogP contribution is -2.14. The molecule has 0 spiro atoms. The van der Waals surface area contributed by atoms with Gasteiger partial charge in [-0.25, -0.2) is 0 Å². The molecule has 0 unspecified atom stereocenters. The number of carbonyl (C=O) groups is 1. The summed E-state index contributed by atoms with van der Waals surface area (Å²) in [4.78, 5) is 13.3. The number of aryl methyl sites for hydroxylation is 1. The molecule has 20 heavy (non-hydrogen) atoms. The summed E-state index contributed by atoms with van der Waals surface area (Å²) in [6, 6.07) is 7.63. The van der Waals surface area contributed by atoms with Crippen molar-refractivity contribution in [3.05, 3.63) is 35.7 Å². The van der Waals surface area contributed by atoms with Crippen LogP contribution in [0.15, 0.2) is 29.2 Å². The monoisotopic (exact) mass is 290 g/mol. The van der Waals surface area contributed by atoms with Gasteiger partial charge in [0.15, 0.2) is 5.69 Å². The molecule has 4 N–H and O–H groups in total. The summed E-state index contributed by atoms with van der Waals surface area (Å²) in [5.41, 5.74) is 8.16. The van der Waals surface area contributed by atoms with Gasteiger partial charge in [-0.2, -0.15) is 5.10 Å². The minimum atomic E-state index is -0.294. The molecular formula is C14H18N4OS. The van der Waals surface area contributed by atoms with Crippen molar-refractivity contribution in [1.29, 1.82) is 0 Å². The SMILES string of the molecule is CCCc1[nH]nc(C(=O)Nc2ccc(SC)cc2)c1N. The first-order valence-corrected chi connectivity index (χ1v) is 7.66. The third-order valence-electron chi connectivity index (χ3n) is 2.95. The highest BCUT2D eigenvalue weighted by Gasteiger charge is 2.16. The van der Waals surface area contributed by atoms with E-state index in [1.807, 2.05) is 37.4 Å². The first-order chi connectivity index (χ1) is 9.65. The number of carbonyl (C=O) groups excluding carboxylic acids is 1. The lowest BCUT2D eigenvalue weighted by molar-refractivity contribution is 0.102. The molecule has 0 aliphatic rings. The van der Waals surface area contributed by atoms with Crippen LogP contribution in [-0.2, 0) is 6.42 Å². The molecule has 6 heteroatoms. The van der Waals surface area contributed by atoms with Gasteiger partial charge in [-0.15, -0.1) is 11.8 Å². The molecule has 5 nitrogen and oxygen atoms in total. The lowest BCUT2D eigenvalue weighted by atomic mass is 10.2. The number of nitrogens with one attached hydrogen (secondary N) is 2. The molecule has 106 valence electrons. The van der Waals surface area contributed by atoms with E-state index in [1.165, 1.54) is 0 Å². The molecule has 0 bridgehead atoms. The minimum Gasteiger partial charge on any atom is -0.395 e. The van der Waals surface area contributed by atoms with Gasteiger partial charge in [-0.1, -0.05) is 13.3 Å². The fourth-order valence-electron chi connectivity index (χ4n) is 1.87. The fraction of sp³-hybridized carbons (Fsp3) is 0.286. The Kier molecular flexibility index (Phi) is 4.68. The van der Waals surface area contributed by atoms with Crippen molar-refractivity contribution in [3.63, 3.8) is 0 Å². The van der Waals surface area contributed by atoms with Crippen LogP contribution in [0.3, 0.4) is 0 Å². The van der Waals surface area contributed by atoms with Crippen LogP contribution in [-0.4, -0.2) is 22.4 Å². The van der Waals surface area contributed by atoms with Crippen LogP contribution in [0.4, 0.5) is 11.4 Å². The van der Waals surface area contributed by atoms with E-state index in [4.69, 9.17) is 5.73 Å². The van der Waals surface area contributed by atoms with Gasteiger partial charge >= 0.3 is 0 Å². The number of thioether (sulfide) groups is 1. The largest absolute Gasteiger partial charge is 0.395 e. The Hall–Kier alpha value is -1.95. The van der Waals surface area contributed by atoms with Crippen molar-refractivity contribution >= 4 is 29.0 Å². The number of nitrogens with zero attached hydrogens (tertiary/aromatic N) is 1. The average molecular weight is 290 g/mol. The number of rotatable bonds is 5. The van der Waals surface area contributed by atoms with E-state index in [2.05, 4.69) is 15.5 Å². The first-order valence-electron chi connectivity index (χ1n) is 6.43. The Bertz CT molecular complexity index is 592. The molecule has 0 saturated carbocycles. The van der Waals surface area contributed by atoms with E-state index in [0.29, 0.717) is 5.69 Å². The van der Waals surface area contributed by atoms with E-state index in [-0.39, 0.29) is 11.6 Å². The highest BCUT2D eigenvalue weighted by molar-refractivity contribution is 7.98. The number of aromatic nitrogens is 2. The Morgan fingerprint density at radius 1 is 1.40 bits per heavy atom.